The molecule has 1 aliphatic rings. The van der Waals surface area contributed by atoms with Gasteiger partial charge in [0, 0.05) is 19.8 Å². The summed E-state index contributed by atoms with van der Waals surface area (Å²) in [5.74, 6) is 0.454. The normalized spacial score (nSPS) is 21.0. The second-order valence-electron chi connectivity index (χ2n) is 5.16. The highest BCUT2D eigenvalue weighted by Crippen LogP contribution is 2.17. The van der Waals surface area contributed by atoms with Gasteiger partial charge in [-0.3, -0.25) is 0 Å². The van der Waals surface area contributed by atoms with Crippen molar-refractivity contribution in [2.75, 3.05) is 19.8 Å². The molecule has 0 aliphatic carbocycles. The second kappa shape index (κ2) is 6.67. The molecule has 0 radical (unpaired) electrons. The molecule has 6 heteroatoms. The smallest absolute Gasteiger partial charge is 0.240 e. The Hall–Kier alpha value is -0.950. The predicted molar refractivity (Wildman–Crippen MR) is 75.8 cm³/mol. The third-order valence-corrected chi connectivity index (χ3v) is 5.02. The van der Waals surface area contributed by atoms with Crippen LogP contribution in [0.1, 0.15) is 31.4 Å². The molecule has 1 heterocycles. The van der Waals surface area contributed by atoms with Crippen LogP contribution < -0.4 is 4.72 Å². The van der Waals surface area contributed by atoms with Crippen LogP contribution in [0.4, 0.5) is 0 Å². The Morgan fingerprint density at radius 1 is 1.40 bits per heavy atom. The summed E-state index contributed by atoms with van der Waals surface area (Å²) in [5, 5.41) is 9.40. The largest absolute Gasteiger partial charge is 0.389 e. The third kappa shape index (κ3) is 4.02. The quantitative estimate of drug-likeness (QED) is 0.833. The minimum absolute atomic E-state index is 0.226. The van der Waals surface area contributed by atoms with Gasteiger partial charge in [0.15, 0.2) is 0 Å². The van der Waals surface area contributed by atoms with Crippen molar-refractivity contribution in [2.24, 2.45) is 5.92 Å². The lowest BCUT2D eigenvalue weighted by atomic mass is 10.1. The number of nitrogens with one attached hydrogen (secondary N) is 1. The fraction of sp³-hybridized carbons (Fsp3) is 0.571. The van der Waals surface area contributed by atoms with Gasteiger partial charge in [-0.1, -0.05) is 12.1 Å². The zero-order valence-electron chi connectivity index (χ0n) is 11.6. The molecule has 2 rings (SSSR count). The number of hydrogen-bond donors (Lipinski definition) is 2. The Balaban J connectivity index is 1.91. The van der Waals surface area contributed by atoms with E-state index in [9.17, 15) is 13.5 Å². The summed E-state index contributed by atoms with van der Waals surface area (Å²) in [4.78, 5) is 0.226. The van der Waals surface area contributed by atoms with E-state index in [0.29, 0.717) is 18.0 Å². The van der Waals surface area contributed by atoms with E-state index in [4.69, 9.17) is 4.74 Å². The van der Waals surface area contributed by atoms with Gasteiger partial charge in [-0.05, 0) is 43.4 Å². The van der Waals surface area contributed by atoms with Crippen molar-refractivity contribution in [1.82, 2.24) is 4.72 Å². The Labute approximate surface area is 120 Å². The first-order chi connectivity index (χ1) is 9.49. The van der Waals surface area contributed by atoms with Gasteiger partial charge in [-0.15, -0.1) is 0 Å². The molecule has 1 fully saturated rings. The molecule has 0 aromatic heterocycles. The summed E-state index contributed by atoms with van der Waals surface area (Å²) in [6.45, 7) is 3.57. The number of aliphatic hydroxyl groups excluding tert-OH is 1. The standard InChI is InChI=1S/C14H21NO4S/c1-11(16)13-2-4-14(5-3-13)20(17,18)15-8-6-12-7-9-19-10-12/h2-5,11-12,15-16H,6-10H2,1H3. The number of hydrogen-bond acceptors (Lipinski definition) is 4. The lowest BCUT2D eigenvalue weighted by molar-refractivity contribution is 0.184. The van der Waals surface area contributed by atoms with Crippen molar-refractivity contribution in [3.05, 3.63) is 29.8 Å². The van der Waals surface area contributed by atoms with Gasteiger partial charge in [0.05, 0.1) is 11.0 Å². The van der Waals surface area contributed by atoms with Crippen molar-refractivity contribution >= 4 is 10.0 Å². The summed E-state index contributed by atoms with van der Waals surface area (Å²) in [5.41, 5.74) is 0.701. The van der Waals surface area contributed by atoms with Crippen LogP contribution in [-0.2, 0) is 14.8 Å². The maximum atomic E-state index is 12.1. The summed E-state index contributed by atoms with van der Waals surface area (Å²) >= 11 is 0. The first kappa shape index (κ1) is 15.4. The van der Waals surface area contributed by atoms with Crippen molar-refractivity contribution in [1.29, 1.82) is 0 Å². The van der Waals surface area contributed by atoms with E-state index in [1.165, 1.54) is 12.1 Å². The Kier molecular flexibility index (Phi) is 5.15. The van der Waals surface area contributed by atoms with Crippen LogP contribution in [0, 0.1) is 5.92 Å². The van der Waals surface area contributed by atoms with Crippen LogP contribution in [0.2, 0.25) is 0 Å². The van der Waals surface area contributed by atoms with Crippen molar-refractivity contribution < 1.29 is 18.3 Å². The summed E-state index contributed by atoms with van der Waals surface area (Å²) in [7, 11) is -3.47. The van der Waals surface area contributed by atoms with Crippen molar-refractivity contribution in [2.45, 2.75) is 30.8 Å². The number of ether oxygens (including phenoxy) is 1. The van der Waals surface area contributed by atoms with Crippen molar-refractivity contribution in [3.63, 3.8) is 0 Å². The Bertz CT molecular complexity index is 519. The molecule has 1 saturated heterocycles. The molecule has 2 unspecified atom stereocenters. The molecule has 20 heavy (non-hydrogen) atoms. The lowest BCUT2D eigenvalue weighted by Crippen LogP contribution is -2.26. The SMILES string of the molecule is CC(O)c1ccc(S(=O)(=O)NCCC2CCOC2)cc1. The van der Waals surface area contributed by atoms with Crippen LogP contribution in [0.5, 0.6) is 0 Å². The first-order valence-corrected chi connectivity index (χ1v) is 8.33. The molecule has 0 amide bonds. The predicted octanol–water partition coefficient (Wildman–Crippen LogP) is 1.44. The van der Waals surface area contributed by atoms with Crippen LogP contribution in [0.3, 0.4) is 0 Å². The van der Waals surface area contributed by atoms with Crippen LogP contribution in [-0.4, -0.2) is 33.3 Å². The van der Waals surface area contributed by atoms with E-state index in [-0.39, 0.29) is 4.90 Å². The molecule has 0 bridgehead atoms. The van der Waals surface area contributed by atoms with Gasteiger partial charge >= 0.3 is 0 Å². The van der Waals surface area contributed by atoms with Gasteiger partial charge in [0.1, 0.15) is 0 Å². The van der Waals surface area contributed by atoms with E-state index in [2.05, 4.69) is 4.72 Å². The maximum absolute atomic E-state index is 12.1. The average molecular weight is 299 g/mol. The van der Waals surface area contributed by atoms with Crippen molar-refractivity contribution in [3.8, 4) is 0 Å². The first-order valence-electron chi connectivity index (χ1n) is 6.84. The second-order valence-corrected chi connectivity index (χ2v) is 6.93. The topological polar surface area (TPSA) is 75.6 Å². The highest BCUT2D eigenvalue weighted by molar-refractivity contribution is 7.89. The molecule has 5 nitrogen and oxygen atoms in total. The molecule has 0 saturated carbocycles. The Morgan fingerprint density at radius 2 is 2.10 bits per heavy atom. The van der Waals surface area contributed by atoms with Gasteiger partial charge in [0.2, 0.25) is 10.0 Å². The average Bonchev–Trinajstić information content (AvgIpc) is 2.92. The zero-order valence-corrected chi connectivity index (χ0v) is 12.4. The summed E-state index contributed by atoms with van der Waals surface area (Å²) in [6.07, 6.45) is 1.21. The minimum Gasteiger partial charge on any atom is -0.389 e. The van der Waals surface area contributed by atoms with Crippen LogP contribution >= 0.6 is 0 Å². The van der Waals surface area contributed by atoms with E-state index >= 15 is 0 Å². The monoisotopic (exact) mass is 299 g/mol. The number of aliphatic hydroxyl groups is 1. The molecular formula is C14H21NO4S. The molecule has 112 valence electrons. The minimum atomic E-state index is -3.47. The third-order valence-electron chi connectivity index (χ3n) is 3.54. The Morgan fingerprint density at radius 3 is 2.65 bits per heavy atom. The molecular weight excluding hydrogens is 278 g/mol. The molecule has 0 spiro atoms. The van der Waals surface area contributed by atoms with Gasteiger partial charge in [-0.2, -0.15) is 0 Å². The fourth-order valence-electron chi connectivity index (χ4n) is 2.22. The van der Waals surface area contributed by atoms with E-state index < -0.39 is 16.1 Å². The van der Waals surface area contributed by atoms with E-state index in [0.717, 1.165) is 26.1 Å². The lowest BCUT2D eigenvalue weighted by Gasteiger charge is -2.10. The molecule has 2 N–H and O–H groups in total. The fourth-order valence-corrected chi connectivity index (χ4v) is 3.26. The molecule has 1 aromatic rings. The van der Waals surface area contributed by atoms with E-state index in [1.54, 1.807) is 19.1 Å². The van der Waals surface area contributed by atoms with Gasteiger partial charge in [0.25, 0.3) is 0 Å². The number of sulfonamides is 1. The van der Waals surface area contributed by atoms with Crippen LogP contribution in [0.25, 0.3) is 0 Å². The molecule has 1 aromatic carbocycles. The molecule has 1 aliphatic heterocycles. The maximum Gasteiger partial charge on any atom is 0.240 e. The highest BCUT2D eigenvalue weighted by Gasteiger charge is 2.18. The summed E-state index contributed by atoms with van der Waals surface area (Å²) < 4.78 is 32.0. The van der Waals surface area contributed by atoms with Crippen LogP contribution in [0.15, 0.2) is 29.2 Å². The molecule has 2 atom stereocenters. The van der Waals surface area contributed by atoms with Gasteiger partial charge in [-0.25, -0.2) is 13.1 Å². The highest BCUT2D eigenvalue weighted by atomic mass is 32.2. The summed E-state index contributed by atoms with van der Waals surface area (Å²) in [6, 6.07) is 6.29. The van der Waals surface area contributed by atoms with Gasteiger partial charge < -0.3 is 9.84 Å². The number of rotatable bonds is 6. The number of benzene rings is 1. The van der Waals surface area contributed by atoms with E-state index in [1.807, 2.05) is 0 Å². The zero-order chi connectivity index (χ0) is 14.6.